The minimum Gasteiger partial charge on any atom is -0.388 e. The van der Waals surface area contributed by atoms with Crippen LogP contribution < -0.4 is 11.1 Å². The number of nitrogens with one attached hydrogen (secondary N) is 1. The lowest BCUT2D eigenvalue weighted by atomic mass is 9.85. The van der Waals surface area contributed by atoms with Crippen LogP contribution in [0.2, 0.25) is 0 Å². The first-order valence-corrected chi connectivity index (χ1v) is 7.82. The molecule has 1 aliphatic carbocycles. The van der Waals surface area contributed by atoms with Gasteiger partial charge in [0.2, 0.25) is 0 Å². The number of nitrogens with zero attached hydrogens (tertiary/aromatic N) is 2. The zero-order valence-electron chi connectivity index (χ0n) is 13.7. The van der Waals surface area contributed by atoms with Crippen molar-refractivity contribution >= 4 is 11.6 Å². The van der Waals surface area contributed by atoms with E-state index in [1.165, 1.54) is 6.42 Å². The van der Waals surface area contributed by atoms with Gasteiger partial charge in [0.05, 0.1) is 5.60 Å². The highest BCUT2D eigenvalue weighted by molar-refractivity contribution is 5.55. The first kappa shape index (κ1) is 16.0. The lowest BCUT2D eigenvalue weighted by Gasteiger charge is -2.32. The molecule has 2 rings (SSSR count). The Morgan fingerprint density at radius 1 is 1.19 bits per heavy atom. The number of nitrogen functional groups attached to an aromatic ring is 1. The summed E-state index contributed by atoms with van der Waals surface area (Å²) < 4.78 is 0. The van der Waals surface area contributed by atoms with Gasteiger partial charge in [0.15, 0.2) is 0 Å². The highest BCUT2D eigenvalue weighted by Crippen LogP contribution is 2.29. The van der Waals surface area contributed by atoms with E-state index in [4.69, 9.17) is 5.73 Å². The maximum atomic E-state index is 10.6. The number of hydrogen-bond acceptors (Lipinski definition) is 5. The molecule has 4 N–H and O–H groups in total. The van der Waals surface area contributed by atoms with E-state index in [0.717, 1.165) is 42.9 Å². The average molecular weight is 292 g/mol. The molecule has 0 spiro atoms. The van der Waals surface area contributed by atoms with Crippen LogP contribution in [-0.2, 0) is 5.41 Å². The molecule has 0 atom stereocenters. The Morgan fingerprint density at radius 2 is 1.81 bits per heavy atom. The molecule has 0 bridgehead atoms. The van der Waals surface area contributed by atoms with Crippen molar-refractivity contribution in [2.24, 2.45) is 0 Å². The first-order valence-electron chi connectivity index (χ1n) is 7.82. The van der Waals surface area contributed by atoms with Crippen LogP contribution in [0.25, 0.3) is 0 Å². The van der Waals surface area contributed by atoms with Crippen molar-refractivity contribution in [3.05, 3.63) is 11.4 Å². The van der Waals surface area contributed by atoms with Gasteiger partial charge in [0.1, 0.15) is 17.5 Å². The van der Waals surface area contributed by atoms with E-state index in [1.54, 1.807) is 0 Å². The van der Waals surface area contributed by atoms with Gasteiger partial charge in [0, 0.05) is 17.5 Å². The number of nitrogens with two attached hydrogens (primary N) is 1. The molecule has 0 unspecified atom stereocenters. The third kappa shape index (κ3) is 3.84. The maximum absolute atomic E-state index is 10.6. The summed E-state index contributed by atoms with van der Waals surface area (Å²) in [6.07, 6.45) is 5.11. The molecule has 0 radical (unpaired) electrons. The van der Waals surface area contributed by atoms with E-state index < -0.39 is 5.60 Å². The van der Waals surface area contributed by atoms with Crippen molar-refractivity contribution in [3.8, 4) is 0 Å². The molecule has 0 aliphatic heterocycles. The predicted molar refractivity (Wildman–Crippen MR) is 86.4 cm³/mol. The van der Waals surface area contributed by atoms with Gasteiger partial charge in [0.25, 0.3) is 0 Å². The van der Waals surface area contributed by atoms with Crippen LogP contribution >= 0.6 is 0 Å². The molecule has 1 fully saturated rings. The topological polar surface area (TPSA) is 84.1 Å². The molecule has 1 aliphatic rings. The molecule has 0 aromatic carbocycles. The fourth-order valence-corrected chi connectivity index (χ4v) is 2.68. The number of rotatable bonds is 3. The van der Waals surface area contributed by atoms with E-state index in [2.05, 4.69) is 36.1 Å². The zero-order chi connectivity index (χ0) is 15.7. The third-order valence-corrected chi connectivity index (χ3v) is 4.22. The van der Waals surface area contributed by atoms with Gasteiger partial charge in [-0.05, 0) is 19.8 Å². The second-order valence-corrected chi connectivity index (χ2v) is 7.29. The van der Waals surface area contributed by atoms with Gasteiger partial charge in [-0.25, -0.2) is 9.97 Å². The summed E-state index contributed by atoms with van der Waals surface area (Å²) in [6.45, 7) is 8.63. The maximum Gasteiger partial charge on any atom is 0.138 e. The van der Waals surface area contributed by atoms with E-state index >= 15 is 0 Å². The summed E-state index contributed by atoms with van der Waals surface area (Å²) >= 11 is 0. The van der Waals surface area contributed by atoms with Gasteiger partial charge in [-0.3, -0.25) is 0 Å². The summed E-state index contributed by atoms with van der Waals surface area (Å²) in [5.41, 5.74) is 6.08. The monoisotopic (exact) mass is 292 g/mol. The van der Waals surface area contributed by atoms with Crippen molar-refractivity contribution in [2.45, 2.75) is 70.8 Å². The SMILES string of the molecule is Cc1c(N)nc(C(C)(C)C)nc1NCC1(O)CCCCC1. The molecule has 1 heterocycles. The third-order valence-electron chi connectivity index (χ3n) is 4.22. The molecule has 0 amide bonds. The van der Waals surface area contributed by atoms with Gasteiger partial charge in [-0.15, -0.1) is 0 Å². The fourth-order valence-electron chi connectivity index (χ4n) is 2.68. The summed E-state index contributed by atoms with van der Waals surface area (Å²) in [6, 6.07) is 0. The molecule has 5 heteroatoms. The van der Waals surface area contributed by atoms with Gasteiger partial charge in [-0.1, -0.05) is 40.0 Å². The standard InChI is InChI=1S/C16H28N4O/c1-11-12(17)19-14(15(2,3)4)20-13(11)18-10-16(21)8-6-5-7-9-16/h21H,5-10H2,1-4H3,(H3,17,18,19,20). The molecule has 1 aromatic heterocycles. The Kier molecular flexibility index (Phi) is 4.42. The molecule has 21 heavy (non-hydrogen) atoms. The van der Waals surface area contributed by atoms with Crippen molar-refractivity contribution in [1.29, 1.82) is 0 Å². The van der Waals surface area contributed by atoms with Gasteiger partial charge < -0.3 is 16.2 Å². The summed E-state index contributed by atoms with van der Waals surface area (Å²) in [4.78, 5) is 8.99. The molecular weight excluding hydrogens is 264 g/mol. The Balaban J connectivity index is 2.17. The molecule has 0 saturated heterocycles. The Hall–Kier alpha value is -1.36. The van der Waals surface area contributed by atoms with Crippen LogP contribution in [0.4, 0.5) is 11.6 Å². The minimum atomic E-state index is -0.619. The Bertz CT molecular complexity index is 502. The smallest absolute Gasteiger partial charge is 0.138 e. The van der Waals surface area contributed by atoms with E-state index in [-0.39, 0.29) is 5.41 Å². The summed E-state index contributed by atoms with van der Waals surface area (Å²) in [5, 5.41) is 13.9. The van der Waals surface area contributed by atoms with Crippen LogP contribution in [0.3, 0.4) is 0 Å². The number of anilines is 2. The van der Waals surface area contributed by atoms with Gasteiger partial charge in [-0.2, -0.15) is 0 Å². The van der Waals surface area contributed by atoms with Crippen LogP contribution in [-0.4, -0.2) is 27.2 Å². The van der Waals surface area contributed by atoms with Gasteiger partial charge >= 0.3 is 0 Å². The largest absolute Gasteiger partial charge is 0.388 e. The van der Waals surface area contributed by atoms with Crippen molar-refractivity contribution < 1.29 is 5.11 Å². The fraction of sp³-hybridized carbons (Fsp3) is 0.750. The van der Waals surface area contributed by atoms with Crippen molar-refractivity contribution in [3.63, 3.8) is 0 Å². The second kappa shape index (κ2) is 5.79. The Labute approximate surface area is 127 Å². The number of aliphatic hydroxyl groups is 1. The van der Waals surface area contributed by atoms with E-state index in [0.29, 0.717) is 12.4 Å². The normalized spacial score (nSPS) is 18.5. The molecular formula is C16H28N4O. The van der Waals surface area contributed by atoms with E-state index in [9.17, 15) is 5.11 Å². The average Bonchev–Trinajstić information content (AvgIpc) is 2.40. The van der Waals surface area contributed by atoms with Crippen LogP contribution in [0.1, 0.15) is 64.3 Å². The number of hydrogen-bond donors (Lipinski definition) is 3. The molecule has 118 valence electrons. The zero-order valence-corrected chi connectivity index (χ0v) is 13.7. The lowest BCUT2D eigenvalue weighted by Crippen LogP contribution is -2.39. The molecule has 5 nitrogen and oxygen atoms in total. The molecule has 1 saturated carbocycles. The lowest BCUT2D eigenvalue weighted by molar-refractivity contribution is 0.0166. The number of aromatic nitrogens is 2. The van der Waals surface area contributed by atoms with Crippen LogP contribution in [0.5, 0.6) is 0 Å². The van der Waals surface area contributed by atoms with E-state index in [1.807, 2.05) is 6.92 Å². The van der Waals surface area contributed by atoms with Crippen LogP contribution in [0.15, 0.2) is 0 Å². The highest BCUT2D eigenvalue weighted by Gasteiger charge is 2.29. The molecule has 1 aromatic rings. The summed E-state index contributed by atoms with van der Waals surface area (Å²) in [7, 11) is 0. The van der Waals surface area contributed by atoms with Crippen LogP contribution in [0, 0.1) is 6.92 Å². The predicted octanol–water partition coefficient (Wildman–Crippen LogP) is 2.77. The Morgan fingerprint density at radius 3 is 2.38 bits per heavy atom. The second-order valence-electron chi connectivity index (χ2n) is 7.29. The first-order chi connectivity index (χ1) is 9.71. The minimum absolute atomic E-state index is 0.153. The van der Waals surface area contributed by atoms with Crippen molar-refractivity contribution in [1.82, 2.24) is 9.97 Å². The quantitative estimate of drug-likeness (QED) is 0.797. The highest BCUT2D eigenvalue weighted by atomic mass is 16.3. The summed E-state index contributed by atoms with van der Waals surface area (Å²) in [5.74, 6) is 1.98. The van der Waals surface area contributed by atoms with Crippen molar-refractivity contribution in [2.75, 3.05) is 17.6 Å².